The van der Waals surface area contributed by atoms with E-state index in [4.69, 9.17) is 0 Å². The van der Waals surface area contributed by atoms with Crippen LogP contribution in [0.5, 0.6) is 0 Å². The summed E-state index contributed by atoms with van der Waals surface area (Å²) >= 11 is 0. The van der Waals surface area contributed by atoms with Gasteiger partial charge in [0.25, 0.3) is 5.69 Å². The van der Waals surface area contributed by atoms with E-state index in [9.17, 15) is 20.0 Å². The summed E-state index contributed by atoms with van der Waals surface area (Å²) in [5.74, 6) is -0.543. The number of carbonyl (C=O) groups is 1. The summed E-state index contributed by atoms with van der Waals surface area (Å²) in [6.45, 7) is 7.28. The summed E-state index contributed by atoms with van der Waals surface area (Å²) in [4.78, 5) is 27.2. The first-order valence-corrected chi connectivity index (χ1v) is 6.53. The number of aromatic nitrogens is 1. The zero-order valence-corrected chi connectivity index (χ0v) is 11.9. The van der Waals surface area contributed by atoms with E-state index in [0.717, 1.165) is 18.7 Å². The van der Waals surface area contributed by atoms with Gasteiger partial charge in [-0.2, -0.15) is 0 Å². The van der Waals surface area contributed by atoms with Crippen molar-refractivity contribution in [3.8, 4) is 0 Å². The van der Waals surface area contributed by atoms with E-state index in [1.54, 1.807) is 0 Å². The number of hydrogen-bond donors (Lipinski definition) is 1. The highest BCUT2D eigenvalue weighted by Gasteiger charge is 2.21. The Morgan fingerprint density at radius 3 is 2.65 bits per heavy atom. The molecule has 0 saturated carbocycles. The molecule has 1 atom stereocenters. The van der Waals surface area contributed by atoms with E-state index >= 15 is 0 Å². The lowest BCUT2D eigenvalue weighted by molar-refractivity contribution is -0.385. The second kappa shape index (κ2) is 6.83. The second-order valence-electron chi connectivity index (χ2n) is 4.68. The Bertz CT molecular complexity index is 504. The first-order chi connectivity index (χ1) is 9.40. The van der Waals surface area contributed by atoms with Crippen LogP contribution in [0.1, 0.15) is 37.6 Å². The van der Waals surface area contributed by atoms with Crippen molar-refractivity contribution in [3.05, 3.63) is 27.9 Å². The zero-order chi connectivity index (χ0) is 15.3. The van der Waals surface area contributed by atoms with Gasteiger partial charge in [0.1, 0.15) is 17.6 Å². The lowest BCUT2D eigenvalue weighted by Gasteiger charge is -2.26. The normalized spacial score (nSPS) is 11.9. The first kappa shape index (κ1) is 15.9. The average Bonchev–Trinajstić information content (AvgIpc) is 2.43. The summed E-state index contributed by atoms with van der Waals surface area (Å²) in [5, 5.41) is 19.9. The number of carboxylic acid groups (broad SMARTS) is 1. The van der Waals surface area contributed by atoms with Crippen molar-refractivity contribution < 1.29 is 14.8 Å². The summed E-state index contributed by atoms with van der Waals surface area (Å²) in [7, 11) is 0. The molecule has 1 rings (SSSR count). The lowest BCUT2D eigenvalue weighted by Crippen LogP contribution is -2.30. The van der Waals surface area contributed by atoms with Gasteiger partial charge in [-0.05, 0) is 12.8 Å². The number of hydrogen-bond acceptors (Lipinski definition) is 5. The van der Waals surface area contributed by atoms with E-state index < -0.39 is 10.9 Å². The van der Waals surface area contributed by atoms with Gasteiger partial charge in [0, 0.05) is 19.2 Å². The molecule has 7 heteroatoms. The van der Waals surface area contributed by atoms with E-state index in [-0.39, 0.29) is 17.1 Å². The van der Waals surface area contributed by atoms with E-state index in [2.05, 4.69) is 18.8 Å². The fourth-order valence-corrected chi connectivity index (χ4v) is 1.83. The molecule has 1 aromatic heterocycles. The Hall–Kier alpha value is -2.18. The highest BCUT2D eigenvalue weighted by Crippen LogP contribution is 2.23. The molecule has 1 heterocycles. The molecule has 0 aliphatic rings. The monoisotopic (exact) mass is 281 g/mol. The lowest BCUT2D eigenvalue weighted by atomic mass is 10.1. The number of pyridine rings is 1. The Labute approximate surface area is 117 Å². The molecule has 0 saturated heterocycles. The summed E-state index contributed by atoms with van der Waals surface area (Å²) < 4.78 is 0. The van der Waals surface area contributed by atoms with Crippen molar-refractivity contribution in [3.63, 3.8) is 0 Å². The van der Waals surface area contributed by atoms with Gasteiger partial charge in [0.2, 0.25) is 0 Å². The van der Waals surface area contributed by atoms with E-state index in [1.165, 1.54) is 0 Å². The summed E-state index contributed by atoms with van der Waals surface area (Å²) in [6, 6.07) is 1.06. The second-order valence-corrected chi connectivity index (χ2v) is 4.68. The van der Waals surface area contributed by atoms with Crippen LogP contribution in [0.2, 0.25) is 0 Å². The smallest absolute Gasteiger partial charge is 0.339 e. The number of rotatable bonds is 7. The van der Waals surface area contributed by atoms with Crippen LogP contribution in [0.15, 0.2) is 12.3 Å². The molecule has 7 nitrogen and oxygen atoms in total. The maximum absolute atomic E-state index is 11.3. The van der Waals surface area contributed by atoms with Crippen LogP contribution >= 0.6 is 0 Å². The molecule has 0 radical (unpaired) electrons. The minimum absolute atomic E-state index is 0.135. The highest BCUT2D eigenvalue weighted by atomic mass is 16.6. The van der Waals surface area contributed by atoms with Crippen molar-refractivity contribution in [2.24, 2.45) is 5.92 Å². The number of nitro groups is 1. The minimum atomic E-state index is -1.21. The van der Waals surface area contributed by atoms with E-state index in [1.807, 2.05) is 11.8 Å². The molecule has 0 aliphatic heterocycles. The van der Waals surface area contributed by atoms with Gasteiger partial charge in [-0.3, -0.25) is 10.1 Å². The zero-order valence-electron chi connectivity index (χ0n) is 11.9. The topological polar surface area (TPSA) is 96.6 Å². The first-order valence-electron chi connectivity index (χ1n) is 6.53. The summed E-state index contributed by atoms with van der Waals surface area (Å²) in [5.41, 5.74) is -0.449. The third kappa shape index (κ3) is 3.66. The molecule has 0 amide bonds. The van der Waals surface area contributed by atoms with E-state index in [0.29, 0.717) is 19.0 Å². The van der Waals surface area contributed by atoms with Gasteiger partial charge >= 0.3 is 5.97 Å². The van der Waals surface area contributed by atoms with Gasteiger partial charge in [-0.15, -0.1) is 0 Å². The summed E-state index contributed by atoms with van der Waals surface area (Å²) in [6.07, 6.45) is 2.06. The predicted molar refractivity (Wildman–Crippen MR) is 75.2 cm³/mol. The van der Waals surface area contributed by atoms with Gasteiger partial charge in [-0.1, -0.05) is 20.3 Å². The molecule has 110 valence electrons. The van der Waals surface area contributed by atoms with Crippen LogP contribution in [0.3, 0.4) is 0 Å². The molecular weight excluding hydrogens is 262 g/mol. The van der Waals surface area contributed by atoms with Crippen molar-refractivity contribution in [1.82, 2.24) is 4.98 Å². The van der Waals surface area contributed by atoms with Crippen molar-refractivity contribution >= 4 is 17.5 Å². The fraction of sp³-hybridized carbons (Fsp3) is 0.538. The number of nitrogens with zero attached hydrogens (tertiary/aromatic N) is 3. The molecule has 1 unspecified atom stereocenters. The number of carboxylic acids is 1. The third-order valence-electron chi connectivity index (χ3n) is 3.20. The Morgan fingerprint density at radius 2 is 2.20 bits per heavy atom. The Kier molecular flexibility index (Phi) is 5.42. The standard InChI is InChI=1S/C13H19N3O4/c1-4-9(3)8-15(5-2)12-11(13(17)18)6-10(7-14-12)16(19)20/h6-7,9H,4-5,8H2,1-3H3,(H,17,18). The minimum Gasteiger partial charge on any atom is -0.478 e. The molecule has 0 spiro atoms. The highest BCUT2D eigenvalue weighted by molar-refractivity contribution is 5.94. The largest absolute Gasteiger partial charge is 0.478 e. The Morgan fingerprint density at radius 1 is 1.55 bits per heavy atom. The van der Waals surface area contributed by atoms with Gasteiger partial charge in [0.05, 0.1) is 4.92 Å². The quantitative estimate of drug-likeness (QED) is 0.609. The van der Waals surface area contributed by atoms with Gasteiger partial charge in [-0.25, -0.2) is 9.78 Å². The molecule has 0 aromatic carbocycles. The molecule has 20 heavy (non-hydrogen) atoms. The fourth-order valence-electron chi connectivity index (χ4n) is 1.83. The van der Waals surface area contributed by atoms with Crippen molar-refractivity contribution in [2.75, 3.05) is 18.0 Å². The average molecular weight is 281 g/mol. The van der Waals surface area contributed by atoms with Crippen LogP contribution in [0.4, 0.5) is 11.5 Å². The van der Waals surface area contributed by atoms with Crippen LogP contribution in [0.25, 0.3) is 0 Å². The molecule has 0 bridgehead atoms. The van der Waals surface area contributed by atoms with Gasteiger partial charge < -0.3 is 10.0 Å². The number of anilines is 1. The van der Waals surface area contributed by atoms with Crippen LogP contribution < -0.4 is 4.90 Å². The SMILES string of the molecule is CCC(C)CN(CC)c1ncc([N+](=O)[O-])cc1C(=O)O. The van der Waals surface area contributed by atoms with Crippen LogP contribution in [-0.4, -0.2) is 34.1 Å². The molecule has 1 aromatic rings. The molecule has 0 aliphatic carbocycles. The van der Waals surface area contributed by atoms with Gasteiger partial charge in [0.15, 0.2) is 0 Å². The molecule has 1 N–H and O–H groups in total. The maximum Gasteiger partial charge on any atom is 0.339 e. The molecular formula is C13H19N3O4. The Balaban J connectivity index is 3.20. The number of aromatic carboxylic acids is 1. The van der Waals surface area contributed by atoms with Crippen molar-refractivity contribution in [2.45, 2.75) is 27.2 Å². The van der Waals surface area contributed by atoms with Crippen LogP contribution in [0, 0.1) is 16.0 Å². The van der Waals surface area contributed by atoms with Crippen molar-refractivity contribution in [1.29, 1.82) is 0 Å². The third-order valence-corrected chi connectivity index (χ3v) is 3.20. The predicted octanol–water partition coefficient (Wildman–Crippen LogP) is 2.56. The van der Waals surface area contributed by atoms with Crippen LogP contribution in [-0.2, 0) is 0 Å². The molecule has 0 fully saturated rings. The maximum atomic E-state index is 11.3.